The van der Waals surface area contributed by atoms with E-state index >= 15 is 0 Å². The molecule has 19 heavy (non-hydrogen) atoms. The second-order valence-electron chi connectivity index (χ2n) is 5.36. The zero-order valence-electron chi connectivity index (χ0n) is 10.6. The van der Waals surface area contributed by atoms with Crippen LogP contribution in [0.4, 0.5) is 0 Å². The molecule has 1 N–H and O–H groups in total. The standard InChI is InChI=1S/C14H17NO3S/c16-13(6-4-10-2-1-7-19-10)15-9-3-5-12(15)11(8-9)14(17)18/h1-2,7,9,11-12H,3-6,8H2,(H,17,18). The molecule has 0 spiro atoms. The van der Waals surface area contributed by atoms with E-state index in [1.54, 1.807) is 11.3 Å². The van der Waals surface area contributed by atoms with Gasteiger partial charge in [0.15, 0.2) is 0 Å². The molecule has 0 aromatic carbocycles. The summed E-state index contributed by atoms with van der Waals surface area (Å²) in [7, 11) is 0. The summed E-state index contributed by atoms with van der Waals surface area (Å²) in [6.07, 6.45) is 3.74. The van der Waals surface area contributed by atoms with Crippen molar-refractivity contribution in [2.75, 3.05) is 0 Å². The molecule has 2 aliphatic heterocycles. The maximum atomic E-state index is 12.3. The van der Waals surface area contributed by atoms with Gasteiger partial charge in [-0.25, -0.2) is 0 Å². The molecule has 3 heterocycles. The first-order valence-electron chi connectivity index (χ1n) is 6.73. The van der Waals surface area contributed by atoms with Crippen molar-refractivity contribution in [3.63, 3.8) is 0 Å². The highest BCUT2D eigenvalue weighted by Gasteiger charge is 2.50. The van der Waals surface area contributed by atoms with Gasteiger partial charge in [0.25, 0.3) is 0 Å². The van der Waals surface area contributed by atoms with Crippen LogP contribution in [-0.2, 0) is 16.0 Å². The molecular weight excluding hydrogens is 262 g/mol. The SMILES string of the molecule is O=C(O)C1CC2CCC1N2C(=O)CCc1cccs1. The number of amides is 1. The molecule has 1 aromatic rings. The lowest BCUT2D eigenvalue weighted by molar-refractivity contribution is -0.143. The van der Waals surface area contributed by atoms with E-state index in [2.05, 4.69) is 0 Å². The topological polar surface area (TPSA) is 57.6 Å². The zero-order chi connectivity index (χ0) is 13.4. The number of carbonyl (C=O) groups excluding carboxylic acids is 1. The number of carbonyl (C=O) groups is 2. The molecule has 1 aromatic heterocycles. The molecule has 4 nitrogen and oxygen atoms in total. The van der Waals surface area contributed by atoms with Gasteiger partial charge in [-0.1, -0.05) is 6.07 Å². The minimum absolute atomic E-state index is 0.0571. The van der Waals surface area contributed by atoms with Crippen LogP contribution >= 0.6 is 11.3 Å². The summed E-state index contributed by atoms with van der Waals surface area (Å²) < 4.78 is 0. The molecule has 102 valence electrons. The third-order valence-corrected chi connectivity index (χ3v) is 5.24. The lowest BCUT2D eigenvalue weighted by Crippen LogP contribution is -2.37. The smallest absolute Gasteiger partial charge is 0.308 e. The van der Waals surface area contributed by atoms with Gasteiger partial charge >= 0.3 is 5.97 Å². The molecule has 2 aliphatic rings. The summed E-state index contributed by atoms with van der Waals surface area (Å²) in [5.41, 5.74) is 0. The highest BCUT2D eigenvalue weighted by atomic mass is 32.1. The van der Waals surface area contributed by atoms with Gasteiger partial charge in [0.1, 0.15) is 0 Å². The van der Waals surface area contributed by atoms with E-state index < -0.39 is 5.97 Å². The van der Waals surface area contributed by atoms with Crippen molar-refractivity contribution in [1.29, 1.82) is 0 Å². The van der Waals surface area contributed by atoms with Crippen molar-refractivity contribution >= 4 is 23.2 Å². The summed E-state index contributed by atoms with van der Waals surface area (Å²) in [5.74, 6) is -0.961. The number of hydrogen-bond acceptors (Lipinski definition) is 3. The molecule has 0 radical (unpaired) electrons. The van der Waals surface area contributed by atoms with E-state index in [4.69, 9.17) is 0 Å². The van der Waals surface area contributed by atoms with Crippen molar-refractivity contribution in [3.05, 3.63) is 22.4 Å². The molecule has 1 amide bonds. The van der Waals surface area contributed by atoms with Crippen molar-refractivity contribution in [3.8, 4) is 0 Å². The summed E-state index contributed by atoms with van der Waals surface area (Å²) >= 11 is 1.67. The van der Waals surface area contributed by atoms with E-state index in [9.17, 15) is 14.7 Å². The van der Waals surface area contributed by atoms with Crippen LogP contribution in [0.2, 0.25) is 0 Å². The Hall–Kier alpha value is -1.36. The van der Waals surface area contributed by atoms with Crippen LogP contribution in [0.1, 0.15) is 30.6 Å². The van der Waals surface area contributed by atoms with Crippen molar-refractivity contribution in [1.82, 2.24) is 4.90 Å². The van der Waals surface area contributed by atoms with Crippen LogP contribution in [0.15, 0.2) is 17.5 Å². The molecule has 3 unspecified atom stereocenters. The van der Waals surface area contributed by atoms with E-state index in [1.165, 1.54) is 4.88 Å². The van der Waals surface area contributed by atoms with Crippen LogP contribution in [-0.4, -0.2) is 34.0 Å². The highest BCUT2D eigenvalue weighted by molar-refractivity contribution is 7.09. The third-order valence-electron chi connectivity index (χ3n) is 4.31. The summed E-state index contributed by atoms with van der Waals surface area (Å²) in [6.45, 7) is 0. The second kappa shape index (κ2) is 4.96. The predicted molar refractivity (Wildman–Crippen MR) is 72.0 cm³/mol. The quantitative estimate of drug-likeness (QED) is 0.918. The number of aryl methyl sites for hydroxylation is 1. The third kappa shape index (κ3) is 2.27. The number of hydrogen-bond donors (Lipinski definition) is 1. The van der Waals surface area contributed by atoms with Crippen molar-refractivity contribution < 1.29 is 14.7 Å². The summed E-state index contributed by atoms with van der Waals surface area (Å²) in [4.78, 5) is 26.6. The Bertz CT molecular complexity index is 485. The predicted octanol–water partition coefficient (Wildman–Crippen LogP) is 2.14. The van der Waals surface area contributed by atoms with Gasteiger partial charge in [0, 0.05) is 23.4 Å². The highest BCUT2D eigenvalue weighted by Crippen LogP contribution is 2.42. The Morgan fingerprint density at radius 1 is 1.42 bits per heavy atom. The molecule has 2 fully saturated rings. The summed E-state index contributed by atoms with van der Waals surface area (Å²) in [5, 5.41) is 11.2. The Morgan fingerprint density at radius 3 is 2.89 bits per heavy atom. The molecule has 2 bridgehead atoms. The summed E-state index contributed by atoms with van der Waals surface area (Å²) in [6, 6.07) is 4.14. The fraction of sp³-hybridized carbons (Fsp3) is 0.571. The molecule has 0 aliphatic carbocycles. The van der Waals surface area contributed by atoms with Crippen LogP contribution in [0.5, 0.6) is 0 Å². The average Bonchev–Trinajstić information content (AvgIpc) is 3.11. The van der Waals surface area contributed by atoms with Gasteiger partial charge in [0.2, 0.25) is 5.91 Å². The number of aliphatic carboxylic acids is 1. The first-order chi connectivity index (χ1) is 9.16. The Kier molecular flexibility index (Phi) is 3.31. The van der Waals surface area contributed by atoms with Crippen LogP contribution in [0.25, 0.3) is 0 Å². The minimum Gasteiger partial charge on any atom is -0.481 e. The Morgan fingerprint density at radius 2 is 2.26 bits per heavy atom. The van der Waals surface area contributed by atoms with Gasteiger partial charge in [0.05, 0.1) is 5.92 Å². The maximum absolute atomic E-state index is 12.3. The molecule has 3 atom stereocenters. The van der Waals surface area contributed by atoms with Gasteiger partial charge in [-0.15, -0.1) is 11.3 Å². The van der Waals surface area contributed by atoms with E-state index in [0.29, 0.717) is 12.8 Å². The Balaban J connectivity index is 1.63. The van der Waals surface area contributed by atoms with Crippen LogP contribution < -0.4 is 0 Å². The molecule has 5 heteroatoms. The fourth-order valence-electron chi connectivity index (χ4n) is 3.46. The number of rotatable bonds is 4. The number of nitrogens with zero attached hydrogens (tertiary/aromatic N) is 1. The fourth-order valence-corrected chi connectivity index (χ4v) is 4.17. The largest absolute Gasteiger partial charge is 0.481 e. The molecule has 3 rings (SSSR count). The maximum Gasteiger partial charge on any atom is 0.308 e. The number of fused-ring (bicyclic) bond motifs is 2. The van der Waals surface area contributed by atoms with Crippen molar-refractivity contribution in [2.45, 2.75) is 44.2 Å². The van der Waals surface area contributed by atoms with Crippen molar-refractivity contribution in [2.24, 2.45) is 5.92 Å². The normalized spacial score (nSPS) is 28.8. The van der Waals surface area contributed by atoms with Crippen LogP contribution in [0.3, 0.4) is 0 Å². The van der Waals surface area contributed by atoms with E-state index in [-0.39, 0.29) is 23.9 Å². The Labute approximate surface area is 116 Å². The molecule has 0 saturated carbocycles. The average molecular weight is 279 g/mol. The van der Waals surface area contributed by atoms with E-state index in [1.807, 2.05) is 22.4 Å². The lowest BCUT2D eigenvalue weighted by Gasteiger charge is -2.23. The monoisotopic (exact) mass is 279 g/mol. The minimum atomic E-state index is -0.747. The zero-order valence-corrected chi connectivity index (χ0v) is 11.4. The number of carboxylic acid groups (broad SMARTS) is 1. The van der Waals surface area contributed by atoms with Gasteiger partial charge in [-0.2, -0.15) is 0 Å². The molecular formula is C14H17NO3S. The number of carboxylic acids is 1. The first-order valence-corrected chi connectivity index (χ1v) is 7.61. The number of thiophene rings is 1. The second-order valence-corrected chi connectivity index (χ2v) is 6.39. The first kappa shape index (κ1) is 12.7. The lowest BCUT2D eigenvalue weighted by atomic mass is 9.89. The van der Waals surface area contributed by atoms with E-state index in [0.717, 1.165) is 19.3 Å². The van der Waals surface area contributed by atoms with Crippen LogP contribution in [0, 0.1) is 5.92 Å². The van der Waals surface area contributed by atoms with Gasteiger partial charge in [-0.05, 0) is 37.1 Å². The van der Waals surface area contributed by atoms with Gasteiger partial charge < -0.3 is 10.0 Å². The van der Waals surface area contributed by atoms with Gasteiger partial charge in [-0.3, -0.25) is 9.59 Å². The molecule has 2 saturated heterocycles.